The Morgan fingerprint density at radius 3 is 2.10 bits per heavy atom. The summed E-state index contributed by atoms with van der Waals surface area (Å²) in [6, 6.07) is 20.2. The van der Waals surface area contributed by atoms with Gasteiger partial charge in [0.15, 0.2) is 0 Å². The van der Waals surface area contributed by atoms with E-state index in [2.05, 4.69) is 5.32 Å². The summed E-state index contributed by atoms with van der Waals surface area (Å²) in [6.07, 6.45) is 0. The fourth-order valence-corrected chi connectivity index (χ4v) is 2.95. The first-order chi connectivity index (χ1) is 14.3. The fourth-order valence-electron chi connectivity index (χ4n) is 2.95. The summed E-state index contributed by atoms with van der Waals surface area (Å²) >= 11 is 0. The van der Waals surface area contributed by atoms with Crippen LogP contribution < -0.4 is 10.2 Å². The molecule has 0 unspecified atom stereocenters. The van der Waals surface area contributed by atoms with Crippen molar-refractivity contribution < 1.29 is 19.5 Å². The van der Waals surface area contributed by atoms with Gasteiger partial charge in [-0.3, -0.25) is 14.5 Å². The molecule has 0 aliphatic carbocycles. The number of rotatable bonds is 6. The van der Waals surface area contributed by atoms with Crippen molar-refractivity contribution in [3.8, 4) is 0 Å². The predicted octanol–water partition coefficient (Wildman–Crippen LogP) is 4.29. The molecule has 0 aliphatic rings. The Labute approximate surface area is 174 Å². The second kappa shape index (κ2) is 9.05. The highest BCUT2D eigenvalue weighted by atomic mass is 16.4. The van der Waals surface area contributed by atoms with E-state index in [-0.39, 0.29) is 23.9 Å². The Kier molecular flexibility index (Phi) is 6.27. The molecular weight excluding hydrogens is 380 g/mol. The minimum atomic E-state index is -1.04. The molecule has 0 saturated heterocycles. The van der Waals surface area contributed by atoms with Crippen molar-refractivity contribution in [3.05, 3.63) is 95.1 Å². The Balaban J connectivity index is 1.84. The molecule has 0 aromatic heterocycles. The third-order valence-corrected chi connectivity index (χ3v) is 4.79. The molecule has 3 rings (SSSR count). The zero-order chi connectivity index (χ0) is 21.7. The molecule has 0 spiro atoms. The van der Waals surface area contributed by atoms with E-state index in [0.717, 1.165) is 11.1 Å². The van der Waals surface area contributed by atoms with E-state index in [1.165, 1.54) is 29.2 Å². The van der Waals surface area contributed by atoms with Crippen LogP contribution in [0.5, 0.6) is 0 Å². The van der Waals surface area contributed by atoms with E-state index in [4.69, 9.17) is 5.11 Å². The van der Waals surface area contributed by atoms with Crippen molar-refractivity contribution in [2.45, 2.75) is 13.8 Å². The maximum Gasteiger partial charge on any atom is 0.335 e. The van der Waals surface area contributed by atoms with E-state index in [1.807, 2.05) is 38.1 Å². The maximum atomic E-state index is 13.1. The van der Waals surface area contributed by atoms with Crippen LogP contribution in [-0.2, 0) is 4.79 Å². The lowest BCUT2D eigenvalue weighted by Crippen LogP contribution is -2.38. The van der Waals surface area contributed by atoms with Gasteiger partial charge in [0.05, 0.1) is 5.56 Å². The van der Waals surface area contributed by atoms with Gasteiger partial charge in [-0.1, -0.05) is 24.3 Å². The Hall–Kier alpha value is -3.93. The van der Waals surface area contributed by atoms with Crippen LogP contribution in [0.1, 0.15) is 31.8 Å². The number of aryl methyl sites for hydroxylation is 2. The molecule has 3 aromatic carbocycles. The number of carbonyl (C=O) groups excluding carboxylic acids is 2. The van der Waals surface area contributed by atoms with Crippen molar-refractivity contribution >= 4 is 29.2 Å². The number of amides is 2. The minimum Gasteiger partial charge on any atom is -0.478 e. The molecule has 152 valence electrons. The first-order valence-electron chi connectivity index (χ1n) is 9.42. The number of hydrogen-bond acceptors (Lipinski definition) is 3. The third-order valence-electron chi connectivity index (χ3n) is 4.79. The molecule has 2 N–H and O–H groups in total. The molecule has 0 fully saturated rings. The second-order valence-electron chi connectivity index (χ2n) is 6.96. The number of carbonyl (C=O) groups is 3. The predicted molar refractivity (Wildman–Crippen MR) is 116 cm³/mol. The molecule has 6 heteroatoms. The van der Waals surface area contributed by atoms with Crippen molar-refractivity contribution in [1.29, 1.82) is 0 Å². The monoisotopic (exact) mass is 402 g/mol. The zero-order valence-electron chi connectivity index (χ0n) is 16.8. The van der Waals surface area contributed by atoms with E-state index >= 15 is 0 Å². The lowest BCUT2D eigenvalue weighted by molar-refractivity contribution is -0.114. The van der Waals surface area contributed by atoms with Crippen molar-refractivity contribution in [2.75, 3.05) is 16.8 Å². The largest absolute Gasteiger partial charge is 0.478 e. The summed E-state index contributed by atoms with van der Waals surface area (Å²) in [5.41, 5.74) is 3.80. The van der Waals surface area contributed by atoms with E-state index in [9.17, 15) is 14.4 Å². The van der Waals surface area contributed by atoms with Crippen molar-refractivity contribution in [1.82, 2.24) is 0 Å². The van der Waals surface area contributed by atoms with Crippen LogP contribution in [0.3, 0.4) is 0 Å². The Morgan fingerprint density at radius 2 is 1.50 bits per heavy atom. The zero-order valence-corrected chi connectivity index (χ0v) is 16.8. The molecule has 0 atom stereocenters. The number of carboxylic acids is 1. The van der Waals surface area contributed by atoms with Gasteiger partial charge in [-0.2, -0.15) is 0 Å². The maximum absolute atomic E-state index is 13.1. The minimum absolute atomic E-state index is 0.129. The number of nitrogens with one attached hydrogen (secondary N) is 1. The number of hydrogen-bond donors (Lipinski definition) is 2. The highest BCUT2D eigenvalue weighted by Gasteiger charge is 2.21. The van der Waals surface area contributed by atoms with Crippen LogP contribution in [-0.4, -0.2) is 29.4 Å². The Morgan fingerprint density at radius 1 is 0.833 bits per heavy atom. The summed E-state index contributed by atoms with van der Waals surface area (Å²) in [7, 11) is 0. The molecule has 0 heterocycles. The fraction of sp³-hybridized carbons (Fsp3) is 0.125. The first-order valence-corrected chi connectivity index (χ1v) is 9.42. The molecule has 30 heavy (non-hydrogen) atoms. The van der Waals surface area contributed by atoms with E-state index < -0.39 is 5.97 Å². The van der Waals surface area contributed by atoms with Gasteiger partial charge in [0, 0.05) is 16.9 Å². The third kappa shape index (κ3) is 4.91. The van der Waals surface area contributed by atoms with Crippen LogP contribution in [0.4, 0.5) is 11.4 Å². The van der Waals surface area contributed by atoms with Gasteiger partial charge in [-0.25, -0.2) is 4.79 Å². The van der Waals surface area contributed by atoms with Gasteiger partial charge >= 0.3 is 5.97 Å². The summed E-state index contributed by atoms with van der Waals surface area (Å²) in [5, 5.41) is 11.7. The molecular formula is C24H22N2O4. The summed E-state index contributed by atoms with van der Waals surface area (Å²) in [6.45, 7) is 3.75. The molecule has 0 radical (unpaired) electrons. The lowest BCUT2D eigenvalue weighted by Gasteiger charge is -2.23. The average Bonchev–Trinajstić information content (AvgIpc) is 2.74. The van der Waals surface area contributed by atoms with Gasteiger partial charge < -0.3 is 10.4 Å². The molecule has 6 nitrogen and oxygen atoms in total. The quantitative estimate of drug-likeness (QED) is 0.644. The van der Waals surface area contributed by atoms with Crippen LogP contribution in [0.15, 0.2) is 72.8 Å². The lowest BCUT2D eigenvalue weighted by atomic mass is 10.1. The highest BCUT2D eigenvalue weighted by Crippen LogP contribution is 2.21. The highest BCUT2D eigenvalue weighted by molar-refractivity contribution is 6.10. The molecule has 0 bridgehead atoms. The average molecular weight is 402 g/mol. The molecule has 2 amide bonds. The van der Waals surface area contributed by atoms with Crippen LogP contribution in [0.25, 0.3) is 0 Å². The topological polar surface area (TPSA) is 86.7 Å². The molecule has 0 saturated carbocycles. The summed E-state index contributed by atoms with van der Waals surface area (Å²) in [4.78, 5) is 38.2. The van der Waals surface area contributed by atoms with E-state index in [0.29, 0.717) is 16.9 Å². The SMILES string of the molecule is Cc1ccc(N(CC(=O)Nc2ccc(C(=O)O)cc2)C(=O)c2ccccc2)cc1C. The van der Waals surface area contributed by atoms with Crippen molar-refractivity contribution in [3.63, 3.8) is 0 Å². The van der Waals surface area contributed by atoms with Gasteiger partial charge in [0.25, 0.3) is 5.91 Å². The normalized spacial score (nSPS) is 10.3. The van der Waals surface area contributed by atoms with Gasteiger partial charge in [-0.05, 0) is 73.5 Å². The molecule has 3 aromatic rings. The number of nitrogens with zero attached hydrogens (tertiary/aromatic N) is 1. The first kappa shape index (κ1) is 20.8. The number of anilines is 2. The van der Waals surface area contributed by atoms with Gasteiger partial charge in [0.1, 0.15) is 6.54 Å². The summed E-state index contributed by atoms with van der Waals surface area (Å²) < 4.78 is 0. The van der Waals surface area contributed by atoms with Crippen molar-refractivity contribution in [2.24, 2.45) is 0 Å². The number of aromatic carboxylic acids is 1. The summed E-state index contributed by atoms with van der Waals surface area (Å²) in [5.74, 6) is -1.71. The number of carboxylic acid groups (broad SMARTS) is 1. The van der Waals surface area contributed by atoms with Crippen LogP contribution in [0, 0.1) is 13.8 Å². The molecule has 0 aliphatic heterocycles. The van der Waals surface area contributed by atoms with Gasteiger partial charge in [-0.15, -0.1) is 0 Å². The Bertz CT molecular complexity index is 1080. The van der Waals surface area contributed by atoms with Crippen LogP contribution >= 0.6 is 0 Å². The second-order valence-corrected chi connectivity index (χ2v) is 6.96. The van der Waals surface area contributed by atoms with Crippen LogP contribution in [0.2, 0.25) is 0 Å². The number of benzene rings is 3. The smallest absolute Gasteiger partial charge is 0.335 e. The standard InChI is InChI=1S/C24H22N2O4/c1-16-8-13-21(14-17(16)2)26(23(28)18-6-4-3-5-7-18)15-22(27)25-20-11-9-19(10-12-20)24(29)30/h3-14H,15H2,1-2H3,(H,25,27)(H,29,30). The van der Waals surface area contributed by atoms with Gasteiger partial charge in [0.2, 0.25) is 5.91 Å². The van der Waals surface area contributed by atoms with E-state index in [1.54, 1.807) is 24.3 Å².